The minimum atomic E-state index is -0.384. The third kappa shape index (κ3) is 2.27. The molecule has 0 saturated heterocycles. The molecule has 1 rings (SSSR count). The normalized spacial score (nSPS) is 31.5. The molecule has 0 aromatic rings. The third-order valence-electron chi connectivity index (χ3n) is 1.57. The summed E-state index contributed by atoms with van der Waals surface area (Å²) in [5.74, 6) is -0.0147. The minimum Gasteiger partial charge on any atom is -0.322 e. The second-order valence-electron chi connectivity index (χ2n) is 2.96. The van der Waals surface area contributed by atoms with Crippen molar-refractivity contribution >= 4 is 21.7 Å². The summed E-state index contributed by atoms with van der Waals surface area (Å²) in [5, 5.41) is 0. The van der Waals surface area contributed by atoms with Crippen molar-refractivity contribution in [2.24, 2.45) is 5.73 Å². The molecule has 0 spiro atoms. The number of hydrogen-bond acceptors (Lipinski definition) is 2. The molecule has 0 bridgehead atoms. The monoisotopic (exact) mass is 215 g/mol. The molecular formula is C8H10BrNO. The smallest absolute Gasteiger partial charge is 0.192 e. The Hall–Kier alpha value is -0.410. The van der Waals surface area contributed by atoms with Crippen molar-refractivity contribution < 1.29 is 4.79 Å². The first-order chi connectivity index (χ1) is 5.01. The molecule has 0 amide bonds. The first-order valence-electron chi connectivity index (χ1n) is 3.39. The third-order valence-corrected chi connectivity index (χ3v) is 2.29. The number of carbonyl (C=O) groups excluding carboxylic acids is 1. The second-order valence-corrected chi connectivity index (χ2v) is 3.81. The highest BCUT2D eigenvalue weighted by atomic mass is 79.9. The molecule has 11 heavy (non-hydrogen) atoms. The maximum atomic E-state index is 11.0. The van der Waals surface area contributed by atoms with E-state index in [0.29, 0.717) is 10.9 Å². The molecule has 0 radical (unpaired) electrons. The van der Waals surface area contributed by atoms with Crippen molar-refractivity contribution in [2.45, 2.75) is 18.9 Å². The van der Waals surface area contributed by atoms with E-state index in [0.717, 1.165) is 0 Å². The molecule has 0 heterocycles. The van der Waals surface area contributed by atoms with Crippen molar-refractivity contribution in [1.29, 1.82) is 0 Å². The number of carbonyl (C=O) groups is 1. The lowest BCUT2D eigenvalue weighted by Gasteiger charge is -2.15. The molecule has 0 fully saturated rings. The van der Waals surface area contributed by atoms with E-state index in [2.05, 4.69) is 15.9 Å². The van der Waals surface area contributed by atoms with E-state index < -0.39 is 0 Å². The largest absolute Gasteiger partial charge is 0.322 e. The maximum absolute atomic E-state index is 11.0. The molecule has 3 heteroatoms. The van der Waals surface area contributed by atoms with Gasteiger partial charge in [-0.05, 0) is 35.4 Å². The molecule has 0 aromatic carbocycles. The SMILES string of the molecule is CC1(N)C=CC(=O)C(Br)=CC1. The van der Waals surface area contributed by atoms with E-state index >= 15 is 0 Å². The van der Waals surface area contributed by atoms with Crippen molar-refractivity contribution in [1.82, 2.24) is 0 Å². The van der Waals surface area contributed by atoms with Gasteiger partial charge in [-0.15, -0.1) is 0 Å². The van der Waals surface area contributed by atoms with Crippen LogP contribution >= 0.6 is 15.9 Å². The van der Waals surface area contributed by atoms with Gasteiger partial charge in [0.05, 0.1) is 4.48 Å². The van der Waals surface area contributed by atoms with Gasteiger partial charge < -0.3 is 5.73 Å². The number of ketones is 1. The van der Waals surface area contributed by atoms with Gasteiger partial charge in [0.25, 0.3) is 0 Å². The van der Waals surface area contributed by atoms with E-state index in [1.54, 1.807) is 6.08 Å². The van der Waals surface area contributed by atoms with E-state index in [9.17, 15) is 4.79 Å². The summed E-state index contributed by atoms with van der Waals surface area (Å²) < 4.78 is 0.600. The lowest BCUT2D eigenvalue weighted by molar-refractivity contribution is -0.110. The van der Waals surface area contributed by atoms with Gasteiger partial charge in [-0.2, -0.15) is 0 Å². The van der Waals surface area contributed by atoms with Crippen LogP contribution in [0.3, 0.4) is 0 Å². The second kappa shape index (κ2) is 2.91. The van der Waals surface area contributed by atoms with E-state index in [-0.39, 0.29) is 11.3 Å². The van der Waals surface area contributed by atoms with Gasteiger partial charge in [0.2, 0.25) is 0 Å². The van der Waals surface area contributed by atoms with E-state index in [4.69, 9.17) is 5.73 Å². The van der Waals surface area contributed by atoms with Crippen LogP contribution in [0.2, 0.25) is 0 Å². The molecule has 1 aliphatic rings. The summed E-state index contributed by atoms with van der Waals surface area (Å²) >= 11 is 3.16. The zero-order valence-corrected chi connectivity index (χ0v) is 7.89. The minimum absolute atomic E-state index is 0.0147. The van der Waals surface area contributed by atoms with Crippen LogP contribution < -0.4 is 5.73 Å². The van der Waals surface area contributed by atoms with Crippen molar-refractivity contribution in [3.8, 4) is 0 Å². The Labute approximate surface area is 74.3 Å². The summed E-state index contributed by atoms with van der Waals surface area (Å²) in [6.45, 7) is 1.89. The molecule has 0 aromatic heterocycles. The quantitative estimate of drug-likeness (QED) is 0.666. The van der Waals surface area contributed by atoms with Crippen LogP contribution in [0.1, 0.15) is 13.3 Å². The van der Waals surface area contributed by atoms with Gasteiger partial charge in [0.15, 0.2) is 5.78 Å². The summed E-state index contributed by atoms with van der Waals surface area (Å²) in [4.78, 5) is 11.0. The maximum Gasteiger partial charge on any atom is 0.192 e. The number of halogens is 1. The first kappa shape index (κ1) is 8.68. The van der Waals surface area contributed by atoms with Crippen LogP contribution in [0.5, 0.6) is 0 Å². The molecule has 2 nitrogen and oxygen atoms in total. The topological polar surface area (TPSA) is 43.1 Å². The highest BCUT2D eigenvalue weighted by Gasteiger charge is 2.17. The summed E-state index contributed by atoms with van der Waals surface area (Å²) in [5.41, 5.74) is 5.41. The Kier molecular flexibility index (Phi) is 2.30. The Balaban J connectivity index is 2.92. The first-order valence-corrected chi connectivity index (χ1v) is 4.19. The van der Waals surface area contributed by atoms with Crippen LogP contribution in [0.15, 0.2) is 22.7 Å². The molecule has 60 valence electrons. The fourth-order valence-corrected chi connectivity index (χ4v) is 1.12. The average molecular weight is 216 g/mol. The average Bonchev–Trinajstić information content (AvgIpc) is 2.03. The van der Waals surface area contributed by atoms with Crippen LogP contribution in [-0.4, -0.2) is 11.3 Å². The molecule has 1 atom stereocenters. The summed E-state index contributed by atoms with van der Waals surface area (Å²) in [7, 11) is 0. The standard InChI is InChI=1S/C8H10BrNO/c1-8(10)4-2-6(9)7(11)3-5-8/h2-3,5H,4,10H2,1H3. The molecule has 0 saturated carbocycles. The summed E-state index contributed by atoms with van der Waals surface area (Å²) in [6, 6.07) is 0. The highest BCUT2D eigenvalue weighted by molar-refractivity contribution is 9.12. The number of nitrogens with two attached hydrogens (primary N) is 1. The Bertz CT molecular complexity index is 240. The van der Waals surface area contributed by atoms with E-state index in [1.165, 1.54) is 6.08 Å². The lowest BCUT2D eigenvalue weighted by atomic mass is 10.0. The number of allylic oxidation sites excluding steroid dienone is 2. The number of rotatable bonds is 0. The van der Waals surface area contributed by atoms with Gasteiger partial charge >= 0.3 is 0 Å². The van der Waals surface area contributed by atoms with E-state index in [1.807, 2.05) is 13.0 Å². The van der Waals surface area contributed by atoms with Crippen LogP contribution in [0.25, 0.3) is 0 Å². The summed E-state index contributed by atoms with van der Waals surface area (Å²) in [6.07, 6.45) is 5.74. The molecule has 0 aliphatic heterocycles. The van der Waals surface area contributed by atoms with Gasteiger partial charge in [-0.25, -0.2) is 0 Å². The molecule has 1 aliphatic carbocycles. The predicted octanol–water partition coefficient (Wildman–Crippen LogP) is 1.51. The van der Waals surface area contributed by atoms with Gasteiger partial charge in [0.1, 0.15) is 0 Å². The Morgan fingerprint density at radius 3 is 3.00 bits per heavy atom. The fourth-order valence-electron chi connectivity index (χ4n) is 0.824. The number of hydrogen-bond donors (Lipinski definition) is 1. The Morgan fingerprint density at radius 2 is 2.36 bits per heavy atom. The highest BCUT2D eigenvalue weighted by Crippen LogP contribution is 2.18. The fraction of sp³-hybridized carbons (Fsp3) is 0.375. The van der Waals surface area contributed by atoms with Crippen LogP contribution in [-0.2, 0) is 4.79 Å². The van der Waals surface area contributed by atoms with Gasteiger partial charge in [-0.1, -0.05) is 12.2 Å². The predicted molar refractivity (Wildman–Crippen MR) is 48.4 cm³/mol. The zero-order chi connectivity index (χ0) is 8.48. The van der Waals surface area contributed by atoms with Gasteiger partial charge in [0, 0.05) is 5.54 Å². The van der Waals surface area contributed by atoms with Crippen molar-refractivity contribution in [2.75, 3.05) is 0 Å². The van der Waals surface area contributed by atoms with Crippen molar-refractivity contribution in [3.05, 3.63) is 22.7 Å². The molecule has 2 N–H and O–H groups in total. The van der Waals surface area contributed by atoms with Crippen LogP contribution in [0.4, 0.5) is 0 Å². The van der Waals surface area contributed by atoms with Crippen LogP contribution in [0, 0.1) is 0 Å². The zero-order valence-electron chi connectivity index (χ0n) is 6.30. The van der Waals surface area contributed by atoms with Gasteiger partial charge in [-0.3, -0.25) is 4.79 Å². The molecular weight excluding hydrogens is 206 g/mol. The Morgan fingerprint density at radius 1 is 1.73 bits per heavy atom. The molecule has 1 unspecified atom stereocenters. The van der Waals surface area contributed by atoms with Crippen molar-refractivity contribution in [3.63, 3.8) is 0 Å². The lowest BCUT2D eigenvalue weighted by Crippen LogP contribution is -2.32.